The van der Waals surface area contributed by atoms with E-state index >= 15 is 0 Å². The largest absolute Gasteiger partial charge is 0.868 e. The van der Waals surface area contributed by atoms with Crippen LogP contribution in [0.4, 0.5) is 0 Å². The lowest BCUT2D eigenvalue weighted by atomic mass is 9.94. The van der Waals surface area contributed by atoms with Gasteiger partial charge in [-0.05, 0) is 41.7 Å². The molecule has 2 aromatic carbocycles. The van der Waals surface area contributed by atoms with Gasteiger partial charge in [0.25, 0.3) is 0 Å². The lowest BCUT2D eigenvalue weighted by Gasteiger charge is -2.27. The van der Waals surface area contributed by atoms with Gasteiger partial charge >= 0.3 is 0 Å². The molecule has 0 saturated carbocycles. The summed E-state index contributed by atoms with van der Waals surface area (Å²) in [6, 6.07) is 16.5. The highest BCUT2D eigenvalue weighted by Gasteiger charge is 2.41. The molecule has 1 N–H and O–H groups in total. The highest BCUT2D eigenvalue weighted by Crippen LogP contribution is 2.42. The van der Waals surface area contributed by atoms with Crippen LogP contribution < -0.4 is 19.6 Å². The fourth-order valence-corrected chi connectivity index (χ4v) is 4.35. The highest BCUT2D eigenvalue weighted by molar-refractivity contribution is 6.15. The Morgan fingerprint density at radius 1 is 1.06 bits per heavy atom. The maximum atomic E-state index is 13.6. The molecule has 0 aliphatic carbocycles. The van der Waals surface area contributed by atoms with Crippen LogP contribution in [0, 0.1) is 0 Å². The van der Waals surface area contributed by atoms with Crippen molar-refractivity contribution >= 4 is 22.7 Å². The van der Waals surface area contributed by atoms with Crippen molar-refractivity contribution in [3.63, 3.8) is 0 Å². The summed E-state index contributed by atoms with van der Waals surface area (Å²) in [5.41, 5.74) is 1.67. The predicted octanol–water partition coefficient (Wildman–Crippen LogP) is 2.84. The zero-order valence-electron chi connectivity index (χ0n) is 19.1. The van der Waals surface area contributed by atoms with Crippen molar-refractivity contribution in [1.82, 2.24) is 4.90 Å². The van der Waals surface area contributed by atoms with E-state index in [2.05, 4.69) is 4.98 Å². The molecular formula is C27H22N2O6. The molecule has 0 bridgehead atoms. The standard InChI is InChI=1S/C27H22N2O6/c1-33-20-10-9-18(13-21(20)34-2)24-23(25(30)22-12-17-7-3-4-8-19(17)35-22)26(31)27(32)29(24)15-16-6-5-11-28-14-16/h3-14,24,31H,15H2,1-2H3. The molecule has 1 aliphatic rings. The third-order valence-electron chi connectivity index (χ3n) is 6.03. The SMILES string of the molecule is COc1ccc(C2C(C(=O)c3cc4ccccc4o3)=C([O-])C(=O)N2Cc2ccc[nH+]c2)cc1OC. The monoisotopic (exact) mass is 470 g/mol. The molecule has 4 aromatic rings. The molecular weight excluding hydrogens is 448 g/mol. The van der Waals surface area contributed by atoms with Gasteiger partial charge in [-0.25, -0.2) is 4.98 Å². The van der Waals surface area contributed by atoms with E-state index in [-0.39, 0.29) is 17.9 Å². The summed E-state index contributed by atoms with van der Waals surface area (Å²) in [5.74, 6) is -1.32. The number of methoxy groups -OCH3 is 2. The van der Waals surface area contributed by atoms with Gasteiger partial charge in [0.05, 0.1) is 26.8 Å². The van der Waals surface area contributed by atoms with E-state index in [1.807, 2.05) is 18.2 Å². The normalized spacial score (nSPS) is 15.7. The number of hydrogen-bond acceptors (Lipinski definition) is 6. The Morgan fingerprint density at radius 3 is 2.57 bits per heavy atom. The van der Waals surface area contributed by atoms with Gasteiger partial charge in [0.15, 0.2) is 29.7 Å². The minimum absolute atomic E-state index is 0.00252. The maximum absolute atomic E-state index is 13.6. The molecule has 8 nitrogen and oxygen atoms in total. The Kier molecular flexibility index (Phi) is 5.70. The number of pyridine rings is 1. The molecule has 176 valence electrons. The lowest BCUT2D eigenvalue weighted by molar-refractivity contribution is -0.378. The number of nitrogens with one attached hydrogen (secondary N) is 1. The van der Waals surface area contributed by atoms with Crippen LogP contribution in [-0.2, 0) is 11.3 Å². The third kappa shape index (κ3) is 3.89. The number of aromatic nitrogens is 1. The van der Waals surface area contributed by atoms with Crippen LogP contribution in [0.25, 0.3) is 11.0 Å². The number of nitrogens with zero attached hydrogens (tertiary/aromatic N) is 1. The maximum Gasteiger partial charge on any atom is 0.240 e. The predicted molar refractivity (Wildman–Crippen MR) is 123 cm³/mol. The minimum Gasteiger partial charge on any atom is -0.868 e. The molecule has 0 radical (unpaired) electrons. The zero-order chi connectivity index (χ0) is 24.5. The molecule has 0 spiro atoms. The number of H-pyrrole nitrogens is 1. The van der Waals surface area contributed by atoms with Crippen molar-refractivity contribution in [3.05, 3.63) is 101 Å². The quantitative estimate of drug-likeness (QED) is 0.385. The summed E-state index contributed by atoms with van der Waals surface area (Å²) >= 11 is 0. The van der Waals surface area contributed by atoms with E-state index < -0.39 is 23.5 Å². The second-order valence-electron chi connectivity index (χ2n) is 8.08. The highest BCUT2D eigenvalue weighted by atomic mass is 16.5. The number of benzene rings is 2. The summed E-state index contributed by atoms with van der Waals surface area (Å²) in [5, 5.41) is 14.0. The van der Waals surface area contributed by atoms with Gasteiger partial charge in [-0.2, -0.15) is 0 Å². The number of carbonyl (C=O) groups is 2. The number of amides is 1. The molecule has 0 fully saturated rings. The first-order valence-electron chi connectivity index (χ1n) is 10.9. The van der Waals surface area contributed by atoms with Gasteiger partial charge in [0, 0.05) is 22.6 Å². The molecule has 1 unspecified atom stereocenters. The van der Waals surface area contributed by atoms with Crippen LogP contribution in [0.1, 0.15) is 27.7 Å². The van der Waals surface area contributed by atoms with Crippen molar-refractivity contribution in [2.75, 3.05) is 14.2 Å². The second kappa shape index (κ2) is 8.98. The van der Waals surface area contributed by atoms with Crippen LogP contribution in [0.5, 0.6) is 11.5 Å². The number of ketones is 1. The number of fused-ring (bicyclic) bond motifs is 1. The van der Waals surface area contributed by atoms with Crippen LogP contribution in [-0.4, -0.2) is 30.8 Å². The number of furan rings is 1. The van der Waals surface area contributed by atoms with E-state index in [1.54, 1.807) is 54.9 Å². The summed E-state index contributed by atoms with van der Waals surface area (Å²) < 4.78 is 16.5. The fourth-order valence-electron chi connectivity index (χ4n) is 4.35. The van der Waals surface area contributed by atoms with Crippen LogP contribution in [0.15, 0.2) is 88.8 Å². The Labute approximate surface area is 201 Å². The van der Waals surface area contributed by atoms with Crippen molar-refractivity contribution in [2.24, 2.45) is 0 Å². The van der Waals surface area contributed by atoms with Crippen molar-refractivity contribution in [2.45, 2.75) is 12.6 Å². The number of carbonyl (C=O) groups excluding carboxylic acids is 2. The minimum atomic E-state index is -0.935. The summed E-state index contributed by atoms with van der Waals surface area (Å²) in [4.78, 5) is 31.2. The van der Waals surface area contributed by atoms with Crippen LogP contribution in [0.2, 0.25) is 0 Å². The number of hydrogen-bond donors (Lipinski definition) is 0. The number of aromatic amines is 1. The number of Topliss-reactive ketones (excluding diaryl/α,β-unsaturated/α-hetero) is 1. The van der Waals surface area contributed by atoms with Gasteiger partial charge in [-0.15, -0.1) is 0 Å². The molecule has 0 saturated heterocycles. The number of ether oxygens (including phenoxy) is 2. The molecule has 5 rings (SSSR count). The van der Waals surface area contributed by atoms with Gasteiger partial charge in [0.2, 0.25) is 11.7 Å². The first kappa shape index (κ1) is 22.2. The molecule has 8 heteroatoms. The van der Waals surface area contributed by atoms with Crippen molar-refractivity contribution < 1.29 is 33.6 Å². The molecule has 2 aromatic heterocycles. The second-order valence-corrected chi connectivity index (χ2v) is 8.08. The average Bonchev–Trinajstić information content (AvgIpc) is 3.43. The Morgan fingerprint density at radius 2 is 1.86 bits per heavy atom. The van der Waals surface area contributed by atoms with Gasteiger partial charge in [0.1, 0.15) is 5.58 Å². The topological polar surface area (TPSA) is 106 Å². The molecule has 35 heavy (non-hydrogen) atoms. The van der Waals surface area contributed by atoms with Gasteiger partial charge < -0.3 is 23.9 Å². The molecule has 1 atom stereocenters. The summed E-state index contributed by atoms with van der Waals surface area (Å²) in [7, 11) is 3.01. The van der Waals surface area contributed by atoms with E-state index in [9.17, 15) is 14.7 Å². The first-order chi connectivity index (χ1) is 17.0. The van der Waals surface area contributed by atoms with Crippen LogP contribution >= 0.6 is 0 Å². The molecule has 1 aliphatic heterocycles. The molecule has 3 heterocycles. The Bertz CT molecular complexity index is 1420. The zero-order valence-corrected chi connectivity index (χ0v) is 19.1. The number of para-hydroxylation sites is 1. The van der Waals surface area contributed by atoms with Gasteiger partial charge in [-0.3, -0.25) is 9.59 Å². The third-order valence-corrected chi connectivity index (χ3v) is 6.03. The van der Waals surface area contributed by atoms with Gasteiger partial charge in [-0.1, -0.05) is 24.3 Å². The van der Waals surface area contributed by atoms with E-state index in [4.69, 9.17) is 13.9 Å². The van der Waals surface area contributed by atoms with Crippen molar-refractivity contribution in [1.29, 1.82) is 0 Å². The van der Waals surface area contributed by atoms with E-state index in [0.717, 1.165) is 10.9 Å². The Balaban J connectivity index is 1.63. The summed E-state index contributed by atoms with van der Waals surface area (Å²) in [6.07, 6.45) is 3.48. The number of rotatable bonds is 7. The van der Waals surface area contributed by atoms with Crippen molar-refractivity contribution in [3.8, 4) is 11.5 Å². The average molecular weight is 470 g/mol. The summed E-state index contributed by atoms with van der Waals surface area (Å²) in [6.45, 7) is 0.123. The smallest absolute Gasteiger partial charge is 0.240 e. The first-order valence-corrected chi connectivity index (χ1v) is 10.9. The lowest BCUT2D eigenvalue weighted by Crippen LogP contribution is -2.32. The fraction of sp³-hybridized carbons (Fsp3) is 0.148. The Hall–Kier alpha value is -4.59. The molecule has 1 amide bonds. The van der Waals surface area contributed by atoms with Crippen LogP contribution in [0.3, 0.4) is 0 Å². The van der Waals surface area contributed by atoms with E-state index in [1.165, 1.54) is 19.1 Å². The van der Waals surface area contributed by atoms with E-state index in [0.29, 0.717) is 22.6 Å².